The van der Waals surface area contributed by atoms with Crippen LogP contribution in [0.3, 0.4) is 0 Å². The highest BCUT2D eigenvalue weighted by atomic mass is 35.5. The predicted molar refractivity (Wildman–Crippen MR) is 87.8 cm³/mol. The van der Waals surface area contributed by atoms with E-state index >= 15 is 0 Å². The lowest BCUT2D eigenvalue weighted by atomic mass is 9.93. The first kappa shape index (κ1) is 17.8. The zero-order valence-electron chi connectivity index (χ0n) is 13.2. The quantitative estimate of drug-likeness (QED) is 0.700. The molecule has 1 aliphatic rings. The first-order chi connectivity index (χ1) is 11.0. The van der Waals surface area contributed by atoms with E-state index in [0.717, 1.165) is 31.2 Å². The number of benzene rings is 1. The van der Waals surface area contributed by atoms with Crippen molar-refractivity contribution in [2.24, 2.45) is 5.73 Å². The fourth-order valence-corrected chi connectivity index (χ4v) is 2.99. The first-order valence-electron chi connectivity index (χ1n) is 7.68. The summed E-state index contributed by atoms with van der Waals surface area (Å²) in [6, 6.07) is 4.01. The van der Waals surface area contributed by atoms with Crippen molar-refractivity contribution in [1.82, 2.24) is 5.32 Å². The minimum absolute atomic E-state index is 0.163. The van der Waals surface area contributed by atoms with Crippen LogP contribution >= 0.6 is 11.6 Å². The van der Waals surface area contributed by atoms with Gasteiger partial charge in [-0.2, -0.15) is 0 Å². The first-order valence-corrected chi connectivity index (χ1v) is 8.06. The van der Waals surface area contributed by atoms with Gasteiger partial charge in [0.2, 0.25) is 0 Å². The Bertz CT molecular complexity index is 545. The van der Waals surface area contributed by atoms with Crippen LogP contribution in [0.15, 0.2) is 12.1 Å². The van der Waals surface area contributed by atoms with E-state index in [9.17, 15) is 9.90 Å². The number of ether oxygens (including phenoxy) is 2. The van der Waals surface area contributed by atoms with E-state index in [4.69, 9.17) is 26.8 Å². The summed E-state index contributed by atoms with van der Waals surface area (Å²) in [4.78, 5) is 10.8. The number of carbonyl (C=O) groups excluding carboxylic acids is 1. The number of halogens is 1. The number of carbonyl (C=O) groups is 1. The molecule has 1 aromatic carbocycles. The molecular formula is C16H23ClN2O4. The van der Waals surface area contributed by atoms with E-state index < -0.39 is 5.91 Å². The van der Waals surface area contributed by atoms with Crippen LogP contribution in [0.2, 0.25) is 5.02 Å². The van der Waals surface area contributed by atoms with Gasteiger partial charge in [-0.15, -0.1) is 0 Å². The van der Waals surface area contributed by atoms with Crippen LogP contribution in [-0.2, 0) is 11.3 Å². The molecule has 7 heteroatoms. The molecule has 0 atom stereocenters. The van der Waals surface area contributed by atoms with Crippen LogP contribution in [0.4, 0.5) is 0 Å². The summed E-state index contributed by atoms with van der Waals surface area (Å²) in [6.45, 7) is 0.394. The van der Waals surface area contributed by atoms with Crippen molar-refractivity contribution < 1.29 is 19.4 Å². The largest absolute Gasteiger partial charge is 0.493 e. The Labute approximate surface area is 140 Å². The molecule has 23 heavy (non-hydrogen) atoms. The Morgan fingerprint density at radius 1 is 1.39 bits per heavy atom. The Balaban J connectivity index is 1.99. The summed E-state index contributed by atoms with van der Waals surface area (Å²) >= 11 is 6.22. The van der Waals surface area contributed by atoms with Crippen molar-refractivity contribution in [2.75, 3.05) is 13.7 Å². The number of rotatable bonds is 7. The van der Waals surface area contributed by atoms with E-state index in [-0.39, 0.29) is 12.7 Å². The molecule has 1 aliphatic carbocycles. The van der Waals surface area contributed by atoms with Crippen LogP contribution in [0.1, 0.15) is 31.2 Å². The normalized spacial score (nSPS) is 21.0. The number of nitrogens with two attached hydrogens (primary N) is 1. The average Bonchev–Trinajstić information content (AvgIpc) is 2.52. The lowest BCUT2D eigenvalue weighted by molar-refractivity contribution is -0.119. The number of nitrogens with one attached hydrogen (secondary N) is 1. The molecule has 1 saturated carbocycles. The molecule has 0 bridgehead atoms. The molecule has 1 fully saturated rings. The number of primary amides is 1. The summed E-state index contributed by atoms with van der Waals surface area (Å²) in [5, 5.41) is 13.4. The lowest BCUT2D eigenvalue weighted by Gasteiger charge is -2.26. The molecule has 1 amide bonds. The zero-order valence-corrected chi connectivity index (χ0v) is 13.9. The van der Waals surface area contributed by atoms with Crippen molar-refractivity contribution in [3.05, 3.63) is 22.7 Å². The van der Waals surface area contributed by atoms with Crippen molar-refractivity contribution in [1.29, 1.82) is 0 Å². The second-order valence-electron chi connectivity index (χ2n) is 5.75. The van der Waals surface area contributed by atoms with Gasteiger partial charge in [-0.05, 0) is 43.4 Å². The van der Waals surface area contributed by atoms with Gasteiger partial charge < -0.3 is 25.6 Å². The standard InChI is InChI=1S/C16H23ClN2O4/c1-22-14-7-10(6-13(17)16(14)23-9-15(18)21)8-19-11-2-4-12(20)5-3-11/h6-7,11-12,19-20H,2-5,8-9H2,1H3,(H2,18,21). The number of aliphatic hydroxyl groups is 1. The third-order valence-electron chi connectivity index (χ3n) is 3.94. The van der Waals surface area contributed by atoms with Gasteiger partial charge in [-0.1, -0.05) is 11.6 Å². The highest BCUT2D eigenvalue weighted by Crippen LogP contribution is 2.36. The summed E-state index contributed by atoms with van der Waals surface area (Å²) < 4.78 is 10.6. The van der Waals surface area contributed by atoms with E-state index in [1.54, 1.807) is 6.07 Å². The van der Waals surface area contributed by atoms with Crippen LogP contribution in [-0.4, -0.2) is 36.9 Å². The third kappa shape index (κ3) is 5.27. The number of hydrogen-bond acceptors (Lipinski definition) is 5. The molecule has 1 aromatic rings. The molecule has 0 radical (unpaired) electrons. The maximum atomic E-state index is 10.8. The molecule has 128 valence electrons. The van der Waals surface area contributed by atoms with Crippen LogP contribution in [0.25, 0.3) is 0 Å². The van der Waals surface area contributed by atoms with Gasteiger partial charge in [0.1, 0.15) is 0 Å². The van der Waals surface area contributed by atoms with Gasteiger partial charge in [0.15, 0.2) is 18.1 Å². The Kier molecular flexibility index (Phi) is 6.50. The zero-order chi connectivity index (χ0) is 16.8. The predicted octanol–water partition coefficient (Wildman–Crippen LogP) is 1.61. The molecule has 0 unspecified atom stereocenters. The van der Waals surface area contributed by atoms with Crippen LogP contribution in [0.5, 0.6) is 11.5 Å². The molecular weight excluding hydrogens is 320 g/mol. The molecule has 0 aromatic heterocycles. The summed E-state index contributed by atoms with van der Waals surface area (Å²) in [6.07, 6.45) is 3.44. The highest BCUT2D eigenvalue weighted by Gasteiger charge is 2.19. The van der Waals surface area contributed by atoms with Crippen molar-refractivity contribution in [3.8, 4) is 11.5 Å². The maximum absolute atomic E-state index is 10.8. The minimum Gasteiger partial charge on any atom is -0.493 e. The van der Waals surface area contributed by atoms with E-state index in [1.807, 2.05) is 6.07 Å². The topological polar surface area (TPSA) is 93.8 Å². The van der Waals surface area contributed by atoms with Gasteiger partial charge in [-0.25, -0.2) is 0 Å². The fourth-order valence-electron chi connectivity index (χ4n) is 2.70. The Morgan fingerprint density at radius 3 is 2.70 bits per heavy atom. The smallest absolute Gasteiger partial charge is 0.255 e. The molecule has 0 saturated heterocycles. The van der Waals surface area contributed by atoms with E-state index in [1.165, 1.54) is 7.11 Å². The number of aliphatic hydroxyl groups excluding tert-OH is 1. The Morgan fingerprint density at radius 2 is 2.09 bits per heavy atom. The van der Waals surface area contributed by atoms with Gasteiger partial charge >= 0.3 is 0 Å². The fraction of sp³-hybridized carbons (Fsp3) is 0.562. The number of hydrogen-bond donors (Lipinski definition) is 3. The number of methoxy groups -OCH3 is 1. The maximum Gasteiger partial charge on any atom is 0.255 e. The number of amides is 1. The molecule has 0 aliphatic heterocycles. The van der Waals surface area contributed by atoms with Crippen LogP contribution in [0, 0.1) is 0 Å². The summed E-state index contributed by atoms with van der Waals surface area (Å²) in [7, 11) is 1.52. The summed E-state index contributed by atoms with van der Waals surface area (Å²) in [5.74, 6) is 0.209. The second-order valence-corrected chi connectivity index (χ2v) is 6.16. The van der Waals surface area contributed by atoms with Crippen molar-refractivity contribution in [2.45, 2.75) is 44.4 Å². The SMILES string of the molecule is COc1cc(CNC2CCC(O)CC2)cc(Cl)c1OCC(N)=O. The van der Waals surface area contributed by atoms with Gasteiger partial charge in [0.25, 0.3) is 5.91 Å². The highest BCUT2D eigenvalue weighted by molar-refractivity contribution is 6.32. The monoisotopic (exact) mass is 342 g/mol. The van der Waals surface area contributed by atoms with Gasteiger partial charge in [0.05, 0.1) is 18.2 Å². The average molecular weight is 343 g/mol. The lowest BCUT2D eigenvalue weighted by Crippen LogP contribution is -2.34. The van der Waals surface area contributed by atoms with Crippen molar-refractivity contribution in [3.63, 3.8) is 0 Å². The summed E-state index contributed by atoms with van der Waals surface area (Å²) in [5.41, 5.74) is 6.04. The van der Waals surface area contributed by atoms with Gasteiger partial charge in [0, 0.05) is 12.6 Å². The molecule has 6 nitrogen and oxygen atoms in total. The van der Waals surface area contributed by atoms with Crippen LogP contribution < -0.4 is 20.5 Å². The van der Waals surface area contributed by atoms with E-state index in [0.29, 0.717) is 29.1 Å². The molecule has 2 rings (SSSR count). The minimum atomic E-state index is -0.576. The Hall–Kier alpha value is -1.50. The van der Waals surface area contributed by atoms with E-state index in [2.05, 4.69) is 5.32 Å². The third-order valence-corrected chi connectivity index (χ3v) is 4.22. The molecule has 4 N–H and O–H groups in total. The van der Waals surface area contributed by atoms with Gasteiger partial charge in [-0.3, -0.25) is 4.79 Å². The molecule has 0 spiro atoms. The second kappa shape index (κ2) is 8.38. The molecule has 0 heterocycles. The van der Waals surface area contributed by atoms with Crippen molar-refractivity contribution >= 4 is 17.5 Å².